The summed E-state index contributed by atoms with van der Waals surface area (Å²) in [5.41, 5.74) is 0. The SMILES string of the molecule is CCCO[C@@H]1O[C@H](C(=O)[O-])[C@@H](O[C@@H]2O[C@@H](CO)[C@H](O)[C@@H](O)[C@@H]2NS(=O)(=O)[O-])[C@H](O)[C@H]1OS(=O)(=O)[O-].[Na+].[Na+].[Na+]. The molecular weight excluding hydrogens is 599 g/mol. The van der Waals surface area contributed by atoms with Gasteiger partial charge in [-0.25, -0.2) is 21.6 Å². The molecule has 18 nitrogen and oxygen atoms in total. The third-order valence-electron chi connectivity index (χ3n) is 4.92. The number of nitrogens with one attached hydrogen (secondary N) is 1. The number of aliphatic hydroxyl groups excluding tert-OH is 4. The summed E-state index contributed by atoms with van der Waals surface area (Å²) in [6.07, 6.45) is -18.7. The molecule has 2 rings (SSSR count). The zero-order chi connectivity index (χ0) is 26.7. The molecule has 0 spiro atoms. The smallest absolute Gasteiger partial charge is 0.735 e. The molecule has 0 aromatic carbocycles. The van der Waals surface area contributed by atoms with Crippen LogP contribution in [0.25, 0.3) is 0 Å². The maximum Gasteiger partial charge on any atom is 1.00 e. The van der Waals surface area contributed by atoms with Crippen molar-refractivity contribution in [1.29, 1.82) is 0 Å². The van der Waals surface area contributed by atoms with Gasteiger partial charge in [0, 0.05) is 6.61 Å². The van der Waals surface area contributed by atoms with Gasteiger partial charge in [-0.05, 0) is 6.42 Å². The minimum Gasteiger partial charge on any atom is -0.735 e. The molecule has 0 aromatic heterocycles. The fourth-order valence-corrected chi connectivity index (χ4v) is 4.48. The zero-order valence-electron chi connectivity index (χ0n) is 20.8. The molecule has 2 heterocycles. The standard InChI is InChI=1S/C15H27NO17S2.3Na/c1-2-3-29-15-11(33-35(26,27)28)9(20)10(12(32-15)13(21)22)31-14-6(16-34(23,24)25)8(19)7(18)5(4-17)30-14;;;/h5-12,14-20H,2-4H2,1H3,(H,21,22)(H,23,24,25)(H,26,27,28);;;/q;3*+1/p-3/t5-,6-,7-,8-,9-,10-,11+,12-,14-,15+;;;/m0.../s1. The summed E-state index contributed by atoms with van der Waals surface area (Å²) in [6.45, 7) is 0.467. The molecule has 2 aliphatic heterocycles. The second-order valence-electron chi connectivity index (χ2n) is 7.48. The predicted octanol–water partition coefficient (Wildman–Crippen LogP) is -15.7. The maximum absolute atomic E-state index is 11.7. The fourth-order valence-electron chi connectivity index (χ4n) is 3.42. The van der Waals surface area contributed by atoms with Crippen LogP contribution in [0.1, 0.15) is 13.3 Å². The number of hydrogen-bond acceptors (Lipinski definition) is 17. The first-order chi connectivity index (χ1) is 16.1. The van der Waals surface area contributed by atoms with Gasteiger partial charge in [-0.15, -0.1) is 0 Å². The average Bonchev–Trinajstić information content (AvgIpc) is 2.73. The summed E-state index contributed by atoms with van der Waals surface area (Å²) in [5, 5.41) is 51.8. The first-order valence-corrected chi connectivity index (χ1v) is 12.6. The van der Waals surface area contributed by atoms with Crippen molar-refractivity contribution in [2.24, 2.45) is 0 Å². The molecule has 10 atom stereocenters. The molecule has 0 radical (unpaired) electrons. The van der Waals surface area contributed by atoms with Gasteiger partial charge in [0.2, 0.25) is 10.4 Å². The van der Waals surface area contributed by atoms with Crippen molar-refractivity contribution in [2.75, 3.05) is 13.2 Å². The Morgan fingerprint density at radius 2 is 1.53 bits per heavy atom. The van der Waals surface area contributed by atoms with E-state index in [1.54, 1.807) is 6.92 Å². The van der Waals surface area contributed by atoms with Gasteiger partial charge in [0.25, 0.3) is 0 Å². The Hall–Kier alpha value is 1.89. The van der Waals surface area contributed by atoms with E-state index in [2.05, 4.69) is 4.18 Å². The Morgan fingerprint density at radius 3 is 1.97 bits per heavy atom. The Kier molecular flexibility index (Phi) is 19.8. The summed E-state index contributed by atoms with van der Waals surface area (Å²) in [4.78, 5) is 11.7. The van der Waals surface area contributed by atoms with Gasteiger partial charge in [-0.1, -0.05) is 6.92 Å². The van der Waals surface area contributed by atoms with Crippen LogP contribution in [0.3, 0.4) is 0 Å². The third kappa shape index (κ3) is 11.9. The predicted molar refractivity (Wildman–Crippen MR) is 99.7 cm³/mol. The summed E-state index contributed by atoms with van der Waals surface area (Å²) in [7, 11) is -10.9. The minimum absolute atomic E-state index is 0. The van der Waals surface area contributed by atoms with E-state index in [1.165, 1.54) is 4.72 Å². The van der Waals surface area contributed by atoms with Crippen molar-refractivity contribution in [3.63, 3.8) is 0 Å². The van der Waals surface area contributed by atoms with E-state index in [1.807, 2.05) is 0 Å². The minimum atomic E-state index is -5.53. The molecule has 2 fully saturated rings. The van der Waals surface area contributed by atoms with Gasteiger partial charge in [-0.3, -0.25) is 4.18 Å². The Labute approximate surface area is 284 Å². The second-order valence-corrected chi connectivity index (χ2v) is 9.63. The first-order valence-electron chi connectivity index (χ1n) is 9.90. The Bertz CT molecular complexity index is 943. The van der Waals surface area contributed by atoms with E-state index >= 15 is 0 Å². The van der Waals surface area contributed by atoms with Gasteiger partial charge in [0.05, 0.1) is 12.6 Å². The van der Waals surface area contributed by atoms with E-state index < -0.39 is 94.6 Å². The summed E-state index contributed by atoms with van der Waals surface area (Å²) in [5.74, 6) is -2.06. The largest absolute Gasteiger partial charge is 1.00 e. The summed E-state index contributed by atoms with van der Waals surface area (Å²) >= 11 is 0. The number of aliphatic carboxylic acids is 1. The molecule has 38 heavy (non-hydrogen) atoms. The number of aliphatic hydroxyl groups is 4. The van der Waals surface area contributed by atoms with Crippen molar-refractivity contribution in [2.45, 2.75) is 74.7 Å². The van der Waals surface area contributed by atoms with E-state index in [0.717, 1.165) is 0 Å². The topological polar surface area (TPSA) is 294 Å². The van der Waals surface area contributed by atoms with Crippen LogP contribution in [-0.2, 0) is 48.6 Å². The van der Waals surface area contributed by atoms with Crippen LogP contribution in [-0.4, -0.2) is 127 Å². The number of carboxylic acids is 1. The average molecular weight is 623 g/mol. The van der Waals surface area contributed by atoms with Crippen molar-refractivity contribution < 1.29 is 168 Å². The Balaban J connectivity index is 0. The molecule has 0 aromatic rings. The van der Waals surface area contributed by atoms with Crippen LogP contribution in [0.5, 0.6) is 0 Å². The van der Waals surface area contributed by atoms with Gasteiger partial charge in [0.15, 0.2) is 29.0 Å². The van der Waals surface area contributed by atoms with Gasteiger partial charge in [-0.2, -0.15) is 0 Å². The molecule has 5 N–H and O–H groups in total. The number of carboxylic acid groups (broad SMARTS) is 1. The van der Waals surface area contributed by atoms with Crippen LogP contribution in [0.4, 0.5) is 0 Å². The van der Waals surface area contributed by atoms with Crippen LogP contribution >= 0.6 is 0 Å². The number of hydrogen-bond donors (Lipinski definition) is 5. The molecule has 0 unspecified atom stereocenters. The van der Waals surface area contributed by atoms with Crippen molar-refractivity contribution in [1.82, 2.24) is 4.72 Å². The molecule has 2 aliphatic rings. The molecule has 0 saturated carbocycles. The van der Waals surface area contributed by atoms with Gasteiger partial charge < -0.3 is 58.4 Å². The first kappa shape index (κ1) is 42.0. The van der Waals surface area contributed by atoms with Crippen LogP contribution < -0.4 is 98.5 Å². The monoisotopic (exact) mass is 623 g/mol. The quantitative estimate of drug-likeness (QED) is 0.0810. The van der Waals surface area contributed by atoms with E-state index in [9.17, 15) is 56.3 Å². The molecule has 23 heteroatoms. The van der Waals surface area contributed by atoms with E-state index in [-0.39, 0.29) is 95.3 Å². The molecular formula is C15H24NNa3O17S2. The van der Waals surface area contributed by atoms with Crippen LogP contribution in [0.2, 0.25) is 0 Å². The Morgan fingerprint density at radius 1 is 0.947 bits per heavy atom. The van der Waals surface area contributed by atoms with E-state index in [4.69, 9.17) is 18.9 Å². The summed E-state index contributed by atoms with van der Waals surface area (Å²) < 4.78 is 93.1. The number of rotatable bonds is 11. The number of carbonyl (C=O) groups excluding carboxylic acids is 1. The second kappa shape index (κ2) is 17.9. The molecule has 2 saturated heterocycles. The van der Waals surface area contributed by atoms with Crippen molar-refractivity contribution in [3.05, 3.63) is 0 Å². The molecule has 0 aliphatic carbocycles. The van der Waals surface area contributed by atoms with Gasteiger partial charge >= 0.3 is 88.7 Å². The number of carbonyl (C=O) groups is 1. The molecule has 0 bridgehead atoms. The van der Waals surface area contributed by atoms with Crippen molar-refractivity contribution in [3.8, 4) is 0 Å². The van der Waals surface area contributed by atoms with Gasteiger partial charge in [0.1, 0.15) is 42.7 Å². The van der Waals surface area contributed by atoms with Crippen LogP contribution in [0.15, 0.2) is 0 Å². The number of ether oxygens (including phenoxy) is 4. The molecule has 206 valence electrons. The third-order valence-corrected chi connectivity index (χ3v) is 5.94. The van der Waals surface area contributed by atoms with E-state index in [0.29, 0.717) is 6.42 Å². The van der Waals surface area contributed by atoms with Crippen molar-refractivity contribution >= 4 is 26.7 Å². The van der Waals surface area contributed by atoms with Crippen LogP contribution in [0, 0.1) is 0 Å². The summed E-state index contributed by atoms with van der Waals surface area (Å²) in [6, 6.07) is -2.12. The maximum atomic E-state index is 11.7. The normalized spacial score (nSPS) is 35.8. The fraction of sp³-hybridized carbons (Fsp3) is 0.933. The molecule has 0 amide bonds. The zero-order valence-corrected chi connectivity index (χ0v) is 28.4.